The molecule has 0 aromatic rings. The third-order valence-corrected chi connectivity index (χ3v) is 3.02. The Morgan fingerprint density at radius 3 is 2.53 bits per heavy atom. The fraction of sp³-hybridized carbons (Fsp3) is 0.800. The molecule has 0 saturated carbocycles. The van der Waals surface area contributed by atoms with E-state index >= 15 is 0 Å². The minimum Gasteiger partial charge on any atom is -0.481 e. The van der Waals surface area contributed by atoms with E-state index in [1.165, 1.54) is 0 Å². The minimum absolute atomic E-state index is 0.141. The molecule has 1 fully saturated rings. The molecule has 5 heteroatoms. The summed E-state index contributed by atoms with van der Waals surface area (Å²) in [5.74, 6) is -1.48. The first-order valence-corrected chi connectivity index (χ1v) is 5.16. The zero-order chi connectivity index (χ0) is 11.6. The van der Waals surface area contributed by atoms with Crippen LogP contribution in [0.2, 0.25) is 0 Å². The van der Waals surface area contributed by atoms with Crippen LogP contribution in [0.15, 0.2) is 0 Å². The highest BCUT2D eigenvalue weighted by Crippen LogP contribution is 2.23. The van der Waals surface area contributed by atoms with E-state index in [0.717, 1.165) is 6.54 Å². The molecule has 3 atom stereocenters. The molecule has 0 aliphatic carbocycles. The molecule has 1 amide bonds. The molecule has 1 heterocycles. The minimum atomic E-state index is -0.753. The van der Waals surface area contributed by atoms with Crippen LogP contribution in [0.3, 0.4) is 0 Å². The van der Waals surface area contributed by atoms with Crippen LogP contribution in [0, 0.1) is 17.8 Å². The number of carbonyl (C=O) groups excluding carboxylic acids is 1. The summed E-state index contributed by atoms with van der Waals surface area (Å²) in [4.78, 5) is 23.7. The first-order valence-electron chi connectivity index (χ1n) is 5.16. The van der Waals surface area contributed by atoms with Crippen molar-refractivity contribution in [1.29, 1.82) is 0 Å². The Balaban J connectivity index is 2.48. The van der Waals surface area contributed by atoms with Crippen LogP contribution in [0.4, 0.5) is 0 Å². The summed E-state index contributed by atoms with van der Waals surface area (Å²) >= 11 is 0. The van der Waals surface area contributed by atoms with Crippen LogP contribution in [0.1, 0.15) is 13.8 Å². The molecule has 0 bridgehead atoms. The normalized spacial score (nSPS) is 28.9. The Kier molecular flexibility index (Phi) is 3.68. The lowest BCUT2D eigenvalue weighted by molar-refractivity contribution is -0.142. The summed E-state index contributed by atoms with van der Waals surface area (Å²) < 4.78 is 0. The zero-order valence-corrected chi connectivity index (χ0v) is 9.14. The van der Waals surface area contributed by atoms with E-state index in [1.807, 2.05) is 11.8 Å². The quantitative estimate of drug-likeness (QED) is 0.676. The second kappa shape index (κ2) is 4.61. The second-order valence-corrected chi connectivity index (χ2v) is 4.44. The average Bonchev–Trinajstić information content (AvgIpc) is 2.46. The third kappa shape index (κ3) is 2.92. The van der Waals surface area contributed by atoms with E-state index < -0.39 is 5.97 Å². The maximum absolute atomic E-state index is 10.9. The molecule has 86 valence electrons. The Hall–Kier alpha value is -1.10. The van der Waals surface area contributed by atoms with Crippen molar-refractivity contribution in [2.75, 3.05) is 19.6 Å². The first-order chi connectivity index (χ1) is 6.91. The number of carboxylic acids is 1. The number of hydrogen-bond donors (Lipinski definition) is 2. The standard InChI is InChI=1S/C10H18N2O3/c1-6-3-12(4-7(2)9(11)13)5-8(6)10(14)15/h6-8H,3-5H2,1-2H3,(H2,11,13)(H,14,15). The molecule has 0 spiro atoms. The molecule has 3 unspecified atom stereocenters. The van der Waals surface area contributed by atoms with Gasteiger partial charge in [-0.15, -0.1) is 0 Å². The van der Waals surface area contributed by atoms with Gasteiger partial charge in [-0.2, -0.15) is 0 Å². The molecule has 3 N–H and O–H groups in total. The van der Waals surface area contributed by atoms with Gasteiger partial charge in [0.2, 0.25) is 5.91 Å². The summed E-state index contributed by atoms with van der Waals surface area (Å²) in [6.45, 7) is 5.50. The highest BCUT2D eigenvalue weighted by Gasteiger charge is 2.35. The van der Waals surface area contributed by atoms with Crippen LogP contribution in [-0.4, -0.2) is 41.5 Å². The van der Waals surface area contributed by atoms with Crippen molar-refractivity contribution in [3.8, 4) is 0 Å². The highest BCUT2D eigenvalue weighted by atomic mass is 16.4. The number of aliphatic carboxylic acids is 1. The molecule has 5 nitrogen and oxygen atoms in total. The lowest BCUT2D eigenvalue weighted by atomic mass is 9.99. The van der Waals surface area contributed by atoms with E-state index in [1.54, 1.807) is 6.92 Å². The Morgan fingerprint density at radius 2 is 2.13 bits per heavy atom. The van der Waals surface area contributed by atoms with Gasteiger partial charge in [-0.25, -0.2) is 0 Å². The average molecular weight is 214 g/mol. The van der Waals surface area contributed by atoms with Gasteiger partial charge in [0.15, 0.2) is 0 Å². The van der Waals surface area contributed by atoms with Crippen molar-refractivity contribution >= 4 is 11.9 Å². The van der Waals surface area contributed by atoms with E-state index in [-0.39, 0.29) is 23.7 Å². The van der Waals surface area contributed by atoms with Crippen molar-refractivity contribution in [3.63, 3.8) is 0 Å². The Morgan fingerprint density at radius 1 is 1.53 bits per heavy atom. The molecule has 0 aromatic carbocycles. The van der Waals surface area contributed by atoms with Gasteiger partial charge in [0.05, 0.1) is 5.92 Å². The van der Waals surface area contributed by atoms with Gasteiger partial charge in [-0.3, -0.25) is 9.59 Å². The van der Waals surface area contributed by atoms with Gasteiger partial charge in [0, 0.05) is 25.6 Å². The number of primary amides is 1. The smallest absolute Gasteiger partial charge is 0.308 e. The van der Waals surface area contributed by atoms with Crippen molar-refractivity contribution in [1.82, 2.24) is 4.90 Å². The number of amides is 1. The number of carbonyl (C=O) groups is 2. The summed E-state index contributed by atoms with van der Waals surface area (Å²) in [6.07, 6.45) is 0. The summed E-state index contributed by atoms with van der Waals surface area (Å²) in [5, 5.41) is 8.93. The first kappa shape index (κ1) is 12.0. The maximum Gasteiger partial charge on any atom is 0.308 e. The number of nitrogens with zero attached hydrogens (tertiary/aromatic N) is 1. The van der Waals surface area contributed by atoms with Crippen LogP contribution >= 0.6 is 0 Å². The second-order valence-electron chi connectivity index (χ2n) is 4.44. The highest BCUT2D eigenvalue weighted by molar-refractivity contribution is 5.76. The van der Waals surface area contributed by atoms with Crippen molar-refractivity contribution in [2.45, 2.75) is 13.8 Å². The molecule has 0 aromatic heterocycles. The summed E-state index contributed by atoms with van der Waals surface area (Å²) in [5.41, 5.74) is 5.16. The molecule has 15 heavy (non-hydrogen) atoms. The van der Waals surface area contributed by atoms with Crippen LogP contribution < -0.4 is 5.73 Å². The molecule has 0 radical (unpaired) electrons. The van der Waals surface area contributed by atoms with E-state index in [4.69, 9.17) is 10.8 Å². The lowest BCUT2D eigenvalue weighted by Gasteiger charge is -2.18. The molecule has 1 aliphatic rings. The number of rotatable bonds is 4. The number of nitrogens with two attached hydrogens (primary N) is 1. The molecular formula is C10H18N2O3. The maximum atomic E-state index is 10.9. The van der Waals surface area contributed by atoms with Gasteiger partial charge < -0.3 is 15.7 Å². The molecule has 1 aliphatic heterocycles. The predicted molar refractivity (Wildman–Crippen MR) is 55.1 cm³/mol. The van der Waals surface area contributed by atoms with Crippen molar-refractivity contribution < 1.29 is 14.7 Å². The monoisotopic (exact) mass is 214 g/mol. The number of carboxylic acid groups (broad SMARTS) is 1. The van der Waals surface area contributed by atoms with Gasteiger partial charge in [-0.05, 0) is 5.92 Å². The Labute approximate surface area is 89.2 Å². The van der Waals surface area contributed by atoms with Gasteiger partial charge in [0.25, 0.3) is 0 Å². The van der Waals surface area contributed by atoms with E-state index in [9.17, 15) is 9.59 Å². The molecule has 1 saturated heterocycles. The van der Waals surface area contributed by atoms with Gasteiger partial charge >= 0.3 is 5.97 Å². The fourth-order valence-corrected chi connectivity index (χ4v) is 2.01. The number of hydrogen-bond acceptors (Lipinski definition) is 3. The van der Waals surface area contributed by atoms with Crippen LogP contribution in [0.5, 0.6) is 0 Å². The summed E-state index contributed by atoms with van der Waals surface area (Å²) in [6, 6.07) is 0. The lowest BCUT2D eigenvalue weighted by Crippen LogP contribution is -2.34. The van der Waals surface area contributed by atoms with Crippen LogP contribution in [0.25, 0.3) is 0 Å². The van der Waals surface area contributed by atoms with Gasteiger partial charge in [0.1, 0.15) is 0 Å². The molecule has 1 rings (SSSR count). The van der Waals surface area contributed by atoms with Crippen molar-refractivity contribution in [2.24, 2.45) is 23.5 Å². The predicted octanol–water partition coefficient (Wildman–Crippen LogP) is -0.240. The SMILES string of the molecule is CC(CN1CC(C)C(C(=O)O)C1)C(N)=O. The van der Waals surface area contributed by atoms with Crippen LogP contribution in [-0.2, 0) is 9.59 Å². The third-order valence-electron chi connectivity index (χ3n) is 3.02. The largest absolute Gasteiger partial charge is 0.481 e. The van der Waals surface area contributed by atoms with E-state index in [2.05, 4.69) is 0 Å². The van der Waals surface area contributed by atoms with E-state index in [0.29, 0.717) is 13.1 Å². The zero-order valence-electron chi connectivity index (χ0n) is 9.14. The van der Waals surface area contributed by atoms with Gasteiger partial charge in [-0.1, -0.05) is 13.8 Å². The fourth-order valence-electron chi connectivity index (χ4n) is 2.01. The topological polar surface area (TPSA) is 83.6 Å². The summed E-state index contributed by atoms with van der Waals surface area (Å²) in [7, 11) is 0. The van der Waals surface area contributed by atoms with Crippen molar-refractivity contribution in [3.05, 3.63) is 0 Å². The molecular weight excluding hydrogens is 196 g/mol. The Bertz CT molecular complexity index is 265. The number of likely N-dealkylation sites (tertiary alicyclic amines) is 1.